The van der Waals surface area contributed by atoms with Gasteiger partial charge >= 0.3 is 0 Å². The second-order valence-corrected chi connectivity index (χ2v) is 6.53. The molecule has 1 saturated heterocycles. The minimum atomic E-state index is -0.402. The van der Waals surface area contributed by atoms with Gasteiger partial charge in [0.05, 0.1) is 12.5 Å². The maximum atomic E-state index is 13.1. The van der Waals surface area contributed by atoms with Crippen molar-refractivity contribution in [2.24, 2.45) is 0 Å². The van der Waals surface area contributed by atoms with Crippen molar-refractivity contribution < 1.29 is 13.7 Å². The Morgan fingerprint density at radius 3 is 3.04 bits per heavy atom. The monoisotopic (exact) mass is 350 g/mol. The summed E-state index contributed by atoms with van der Waals surface area (Å²) >= 11 is 6.03. The van der Waals surface area contributed by atoms with Gasteiger partial charge in [-0.05, 0) is 37.0 Å². The minimum absolute atomic E-state index is 0.0222. The number of halogens is 2. The summed E-state index contributed by atoms with van der Waals surface area (Å²) in [5, 5.41) is 4.42. The van der Waals surface area contributed by atoms with Gasteiger partial charge in [0, 0.05) is 24.1 Å². The molecule has 0 spiro atoms. The fraction of sp³-hybridized carbons (Fsp3) is 0.444. The van der Waals surface area contributed by atoms with Gasteiger partial charge in [0.15, 0.2) is 0 Å². The number of rotatable bonds is 5. The Bertz CT molecular complexity index is 732. The second kappa shape index (κ2) is 7.34. The van der Waals surface area contributed by atoms with Crippen molar-refractivity contribution >= 4 is 17.5 Å². The summed E-state index contributed by atoms with van der Waals surface area (Å²) < 4.78 is 18.5. The van der Waals surface area contributed by atoms with Gasteiger partial charge in [-0.3, -0.25) is 4.79 Å². The van der Waals surface area contributed by atoms with Crippen LogP contribution in [-0.2, 0) is 17.6 Å². The van der Waals surface area contributed by atoms with E-state index >= 15 is 0 Å². The van der Waals surface area contributed by atoms with E-state index in [0.717, 1.165) is 37.1 Å². The molecular weight excluding hydrogens is 331 g/mol. The molecule has 1 atom stereocenters. The first-order valence-corrected chi connectivity index (χ1v) is 8.65. The summed E-state index contributed by atoms with van der Waals surface area (Å²) in [6.07, 6.45) is 3.81. The van der Waals surface area contributed by atoms with Crippen LogP contribution in [0.15, 0.2) is 28.8 Å². The van der Waals surface area contributed by atoms with Gasteiger partial charge in [-0.1, -0.05) is 29.7 Å². The molecule has 4 nitrogen and oxygen atoms in total. The van der Waals surface area contributed by atoms with Gasteiger partial charge in [-0.25, -0.2) is 4.39 Å². The van der Waals surface area contributed by atoms with Crippen molar-refractivity contribution in [3.63, 3.8) is 0 Å². The van der Waals surface area contributed by atoms with Crippen LogP contribution in [0.1, 0.15) is 49.2 Å². The lowest BCUT2D eigenvalue weighted by Gasteiger charge is -2.23. The molecular formula is C18H20ClFN2O2. The van der Waals surface area contributed by atoms with E-state index in [9.17, 15) is 9.18 Å². The molecule has 3 rings (SSSR count). The summed E-state index contributed by atoms with van der Waals surface area (Å²) in [6, 6.07) is 6.03. The number of aryl methyl sites for hydroxylation is 1. The highest BCUT2D eigenvalue weighted by molar-refractivity contribution is 6.31. The van der Waals surface area contributed by atoms with Gasteiger partial charge in [-0.15, -0.1) is 0 Å². The van der Waals surface area contributed by atoms with E-state index in [0.29, 0.717) is 12.1 Å². The van der Waals surface area contributed by atoms with Crippen molar-refractivity contribution in [1.82, 2.24) is 10.1 Å². The molecule has 0 aliphatic carbocycles. The largest absolute Gasteiger partial charge is 0.361 e. The quantitative estimate of drug-likeness (QED) is 0.806. The molecule has 0 N–H and O–H groups in total. The van der Waals surface area contributed by atoms with E-state index in [-0.39, 0.29) is 23.4 Å². The lowest BCUT2D eigenvalue weighted by molar-refractivity contribution is -0.131. The number of aromatic nitrogens is 1. The number of carbonyl (C=O) groups excluding carboxylic acids is 1. The molecule has 1 aliphatic heterocycles. The number of hydrogen-bond donors (Lipinski definition) is 0. The van der Waals surface area contributed by atoms with Crippen molar-refractivity contribution in [1.29, 1.82) is 0 Å². The van der Waals surface area contributed by atoms with E-state index in [4.69, 9.17) is 16.1 Å². The SMILES string of the molecule is CCCc1cc([C@@H]2CCCN2C(=O)Cc2ccc(F)cc2Cl)no1. The number of nitrogens with zero attached hydrogens (tertiary/aromatic N) is 2. The van der Waals surface area contributed by atoms with Gasteiger partial charge in [0.25, 0.3) is 0 Å². The van der Waals surface area contributed by atoms with Crippen LogP contribution >= 0.6 is 11.6 Å². The molecule has 0 bridgehead atoms. The Hall–Kier alpha value is -1.88. The molecule has 6 heteroatoms. The van der Waals surface area contributed by atoms with Gasteiger partial charge in [-0.2, -0.15) is 0 Å². The molecule has 1 amide bonds. The Kier molecular flexibility index (Phi) is 5.19. The molecule has 0 saturated carbocycles. The Morgan fingerprint density at radius 1 is 1.46 bits per heavy atom. The first kappa shape index (κ1) is 17.0. The van der Waals surface area contributed by atoms with Gasteiger partial charge in [0.2, 0.25) is 5.91 Å². The average molecular weight is 351 g/mol. The Labute approximate surface area is 145 Å². The van der Waals surface area contributed by atoms with Crippen LogP contribution < -0.4 is 0 Å². The van der Waals surface area contributed by atoms with E-state index in [1.54, 1.807) is 6.07 Å². The van der Waals surface area contributed by atoms with E-state index in [1.165, 1.54) is 12.1 Å². The Balaban J connectivity index is 1.73. The van der Waals surface area contributed by atoms with E-state index < -0.39 is 5.82 Å². The molecule has 1 aromatic carbocycles. The number of likely N-dealkylation sites (tertiary alicyclic amines) is 1. The molecule has 1 aromatic heterocycles. The lowest BCUT2D eigenvalue weighted by Crippen LogP contribution is -2.32. The smallest absolute Gasteiger partial charge is 0.227 e. The standard InChI is InChI=1S/C18H20ClFN2O2/c1-2-4-14-11-16(21-24-14)17-5-3-8-22(17)18(23)9-12-6-7-13(20)10-15(12)19/h6-7,10-11,17H,2-5,8-9H2,1H3/t17-/m0/s1. The van der Waals surface area contributed by atoms with E-state index in [2.05, 4.69) is 12.1 Å². The first-order valence-electron chi connectivity index (χ1n) is 8.27. The second-order valence-electron chi connectivity index (χ2n) is 6.13. The molecule has 128 valence electrons. The molecule has 2 heterocycles. The minimum Gasteiger partial charge on any atom is -0.361 e. The van der Waals surface area contributed by atoms with Crippen LogP contribution in [0.2, 0.25) is 5.02 Å². The number of hydrogen-bond acceptors (Lipinski definition) is 3. The maximum Gasteiger partial charge on any atom is 0.227 e. The normalized spacial score (nSPS) is 17.5. The van der Waals surface area contributed by atoms with Crippen LogP contribution in [0.3, 0.4) is 0 Å². The molecule has 1 aliphatic rings. The van der Waals surface area contributed by atoms with Crippen molar-refractivity contribution in [2.75, 3.05) is 6.54 Å². The van der Waals surface area contributed by atoms with Gasteiger partial charge in [0.1, 0.15) is 17.3 Å². The number of carbonyl (C=O) groups is 1. The highest BCUT2D eigenvalue weighted by atomic mass is 35.5. The summed E-state index contributed by atoms with van der Waals surface area (Å²) in [5.41, 5.74) is 1.45. The van der Waals surface area contributed by atoms with Crippen molar-refractivity contribution in [2.45, 2.75) is 45.1 Å². The van der Waals surface area contributed by atoms with Crippen LogP contribution in [-0.4, -0.2) is 22.5 Å². The molecule has 24 heavy (non-hydrogen) atoms. The van der Waals surface area contributed by atoms with Crippen LogP contribution in [0.4, 0.5) is 4.39 Å². The van der Waals surface area contributed by atoms with Crippen LogP contribution in [0.25, 0.3) is 0 Å². The average Bonchev–Trinajstić information content (AvgIpc) is 3.19. The number of amides is 1. The first-order chi connectivity index (χ1) is 11.6. The summed E-state index contributed by atoms with van der Waals surface area (Å²) in [5.74, 6) is 0.431. The summed E-state index contributed by atoms with van der Waals surface area (Å²) in [7, 11) is 0. The molecule has 0 unspecified atom stereocenters. The third kappa shape index (κ3) is 3.61. The number of benzene rings is 1. The molecule has 1 fully saturated rings. The molecule has 0 radical (unpaired) electrons. The third-order valence-electron chi connectivity index (χ3n) is 4.34. The zero-order valence-electron chi connectivity index (χ0n) is 13.6. The maximum absolute atomic E-state index is 13.1. The molecule has 2 aromatic rings. The summed E-state index contributed by atoms with van der Waals surface area (Å²) in [4.78, 5) is 14.5. The highest BCUT2D eigenvalue weighted by Gasteiger charge is 2.32. The highest BCUT2D eigenvalue weighted by Crippen LogP contribution is 2.32. The third-order valence-corrected chi connectivity index (χ3v) is 4.70. The predicted molar refractivity (Wildman–Crippen MR) is 89.3 cm³/mol. The summed E-state index contributed by atoms with van der Waals surface area (Å²) in [6.45, 7) is 2.78. The lowest BCUT2D eigenvalue weighted by atomic mass is 10.1. The van der Waals surface area contributed by atoms with E-state index in [1.807, 2.05) is 11.0 Å². The van der Waals surface area contributed by atoms with Gasteiger partial charge < -0.3 is 9.42 Å². The van der Waals surface area contributed by atoms with Crippen molar-refractivity contribution in [3.8, 4) is 0 Å². The fourth-order valence-corrected chi connectivity index (χ4v) is 3.39. The zero-order chi connectivity index (χ0) is 17.1. The Morgan fingerprint density at radius 2 is 2.29 bits per heavy atom. The fourth-order valence-electron chi connectivity index (χ4n) is 3.15. The van der Waals surface area contributed by atoms with Crippen LogP contribution in [0.5, 0.6) is 0 Å². The zero-order valence-corrected chi connectivity index (χ0v) is 14.4. The van der Waals surface area contributed by atoms with Crippen LogP contribution in [0, 0.1) is 5.82 Å². The topological polar surface area (TPSA) is 46.3 Å². The predicted octanol–water partition coefficient (Wildman–Crippen LogP) is 4.33. The van der Waals surface area contributed by atoms with Crippen molar-refractivity contribution in [3.05, 3.63) is 52.1 Å².